The number of likely N-dealkylation sites (N-methyl/N-ethyl adjacent to an activating group) is 1. The van der Waals surface area contributed by atoms with Gasteiger partial charge in [-0.1, -0.05) is 0 Å². The first-order valence-electron chi connectivity index (χ1n) is 7.74. The van der Waals surface area contributed by atoms with Crippen LogP contribution < -0.4 is 10.6 Å². The summed E-state index contributed by atoms with van der Waals surface area (Å²) in [5.74, 6) is 3.22. The van der Waals surface area contributed by atoms with Gasteiger partial charge < -0.3 is 15.5 Å². The van der Waals surface area contributed by atoms with E-state index in [4.69, 9.17) is 0 Å². The van der Waals surface area contributed by atoms with Crippen molar-refractivity contribution in [2.24, 2.45) is 0 Å². The molecular formula is C15H23N5O. The highest BCUT2D eigenvalue weighted by Crippen LogP contribution is 2.39. The lowest BCUT2D eigenvalue weighted by Crippen LogP contribution is -2.31. The van der Waals surface area contributed by atoms with Gasteiger partial charge in [0.15, 0.2) is 0 Å². The predicted molar refractivity (Wildman–Crippen MR) is 82.6 cm³/mol. The van der Waals surface area contributed by atoms with Gasteiger partial charge in [-0.15, -0.1) is 0 Å². The summed E-state index contributed by atoms with van der Waals surface area (Å²) in [5, 5.41) is 6.63. The van der Waals surface area contributed by atoms with Crippen molar-refractivity contribution in [3.05, 3.63) is 11.4 Å². The highest BCUT2D eigenvalue weighted by molar-refractivity contribution is 5.86. The molecular weight excluding hydrogens is 266 g/mol. The molecule has 6 heteroatoms. The van der Waals surface area contributed by atoms with Crippen molar-refractivity contribution < 1.29 is 4.79 Å². The Kier molecular flexibility index (Phi) is 3.69. The molecule has 1 aliphatic heterocycles. The van der Waals surface area contributed by atoms with Crippen LogP contribution >= 0.6 is 0 Å². The van der Waals surface area contributed by atoms with Gasteiger partial charge in [-0.25, -0.2) is 9.97 Å². The molecule has 2 heterocycles. The minimum atomic E-state index is -0.162. The van der Waals surface area contributed by atoms with Crippen molar-refractivity contribution in [3.8, 4) is 0 Å². The fraction of sp³-hybridized carbons (Fsp3) is 0.667. The average Bonchev–Trinajstić information content (AvgIpc) is 3.26. The Morgan fingerprint density at radius 1 is 1.24 bits per heavy atom. The van der Waals surface area contributed by atoms with Crippen molar-refractivity contribution in [2.75, 3.05) is 30.8 Å². The van der Waals surface area contributed by atoms with Crippen LogP contribution in [0.3, 0.4) is 0 Å². The molecule has 3 rings (SSSR count). The molecule has 21 heavy (non-hydrogen) atoms. The van der Waals surface area contributed by atoms with E-state index >= 15 is 0 Å². The first kappa shape index (κ1) is 14.1. The van der Waals surface area contributed by atoms with Crippen LogP contribution in [0.4, 0.5) is 11.6 Å². The van der Waals surface area contributed by atoms with Gasteiger partial charge in [-0.3, -0.25) is 4.79 Å². The third kappa shape index (κ3) is 2.80. The van der Waals surface area contributed by atoms with Crippen molar-refractivity contribution >= 4 is 17.5 Å². The second kappa shape index (κ2) is 5.50. The highest BCUT2D eigenvalue weighted by atomic mass is 16.2. The first-order valence-corrected chi connectivity index (χ1v) is 7.74. The Bertz CT molecular complexity index is 555. The van der Waals surface area contributed by atoms with Crippen molar-refractivity contribution in [1.82, 2.24) is 14.9 Å². The van der Waals surface area contributed by atoms with Gasteiger partial charge in [0.2, 0.25) is 5.91 Å². The van der Waals surface area contributed by atoms with E-state index < -0.39 is 0 Å². The van der Waals surface area contributed by atoms with E-state index in [1.807, 2.05) is 14.0 Å². The molecule has 0 radical (unpaired) electrons. The summed E-state index contributed by atoms with van der Waals surface area (Å²) >= 11 is 0. The molecule has 114 valence electrons. The van der Waals surface area contributed by atoms with Crippen LogP contribution in [0.5, 0.6) is 0 Å². The Balaban J connectivity index is 1.87. The number of anilines is 2. The Hall–Kier alpha value is -1.85. The molecule has 1 amide bonds. The van der Waals surface area contributed by atoms with Gasteiger partial charge >= 0.3 is 0 Å². The Labute approximate surface area is 125 Å². The zero-order valence-corrected chi connectivity index (χ0v) is 12.9. The quantitative estimate of drug-likeness (QED) is 0.864. The van der Waals surface area contributed by atoms with Gasteiger partial charge in [0, 0.05) is 31.6 Å². The number of nitrogens with zero attached hydrogens (tertiary/aromatic N) is 3. The Morgan fingerprint density at radius 3 is 2.52 bits per heavy atom. The fourth-order valence-electron chi connectivity index (χ4n) is 2.66. The maximum absolute atomic E-state index is 12.1. The second-order valence-corrected chi connectivity index (χ2v) is 5.95. The monoisotopic (exact) mass is 289 g/mol. The van der Waals surface area contributed by atoms with E-state index in [1.54, 1.807) is 4.90 Å². The van der Waals surface area contributed by atoms with E-state index in [-0.39, 0.29) is 11.9 Å². The third-order valence-electron chi connectivity index (χ3n) is 4.19. The fourth-order valence-corrected chi connectivity index (χ4v) is 2.66. The summed E-state index contributed by atoms with van der Waals surface area (Å²) in [5.41, 5.74) is 0.989. The number of nitrogens with one attached hydrogen (secondary N) is 2. The minimum Gasteiger partial charge on any atom is -0.370 e. The number of likely N-dealkylation sites (tertiary alicyclic amines) is 1. The maximum Gasteiger partial charge on any atom is 0.244 e. The van der Waals surface area contributed by atoms with Crippen molar-refractivity contribution in [1.29, 1.82) is 0 Å². The molecule has 1 aromatic heterocycles. The summed E-state index contributed by atoms with van der Waals surface area (Å²) in [4.78, 5) is 23.1. The van der Waals surface area contributed by atoms with E-state index in [9.17, 15) is 4.79 Å². The summed E-state index contributed by atoms with van der Waals surface area (Å²) in [7, 11) is 1.84. The largest absolute Gasteiger partial charge is 0.370 e. The number of amides is 1. The van der Waals surface area contributed by atoms with Gasteiger partial charge in [0.25, 0.3) is 0 Å². The highest BCUT2D eigenvalue weighted by Gasteiger charge is 2.32. The molecule has 0 aromatic carbocycles. The molecule has 1 unspecified atom stereocenters. The first-order chi connectivity index (χ1) is 10.1. The van der Waals surface area contributed by atoms with E-state index in [1.165, 1.54) is 12.8 Å². The third-order valence-corrected chi connectivity index (χ3v) is 4.19. The topological polar surface area (TPSA) is 70.2 Å². The van der Waals surface area contributed by atoms with Crippen LogP contribution in [0.25, 0.3) is 0 Å². The normalized spacial score (nSPS) is 21.8. The summed E-state index contributed by atoms with van der Waals surface area (Å²) in [6.45, 7) is 5.68. The number of aromatic nitrogens is 2. The van der Waals surface area contributed by atoms with Crippen LogP contribution in [-0.4, -0.2) is 47.0 Å². The van der Waals surface area contributed by atoms with Gasteiger partial charge in [-0.2, -0.15) is 0 Å². The molecule has 1 aromatic rings. The molecule has 1 saturated carbocycles. The zero-order valence-electron chi connectivity index (χ0n) is 12.9. The van der Waals surface area contributed by atoms with Gasteiger partial charge in [0.1, 0.15) is 23.5 Å². The molecule has 0 bridgehead atoms. The van der Waals surface area contributed by atoms with E-state index in [0.717, 1.165) is 42.5 Å². The molecule has 2 fully saturated rings. The standard InChI is InChI=1S/C15H23N5O/c1-4-16-12-9(2)13(19-14(18-12)10-5-6-10)17-11-7-8-20(3)15(11)21/h10-11H,4-8H2,1-3H3,(H2,16,17,18,19). The second-order valence-electron chi connectivity index (χ2n) is 5.95. The lowest BCUT2D eigenvalue weighted by Gasteiger charge is -2.17. The van der Waals surface area contributed by atoms with Crippen LogP contribution in [0.1, 0.15) is 43.5 Å². The van der Waals surface area contributed by atoms with E-state index in [2.05, 4.69) is 27.5 Å². The molecule has 1 saturated heterocycles. The SMILES string of the molecule is CCNc1nc(C2CC2)nc(NC2CCN(C)C2=O)c1C. The molecule has 1 aliphatic carbocycles. The predicted octanol–water partition coefficient (Wildman–Crippen LogP) is 1.74. The van der Waals surface area contributed by atoms with Gasteiger partial charge in [-0.05, 0) is 33.1 Å². The summed E-state index contributed by atoms with van der Waals surface area (Å²) < 4.78 is 0. The van der Waals surface area contributed by atoms with Gasteiger partial charge in [0.05, 0.1) is 0 Å². The zero-order chi connectivity index (χ0) is 15.0. The Morgan fingerprint density at radius 2 is 1.95 bits per heavy atom. The van der Waals surface area contributed by atoms with Crippen LogP contribution in [0, 0.1) is 6.92 Å². The lowest BCUT2D eigenvalue weighted by atomic mass is 10.2. The van der Waals surface area contributed by atoms with Crippen LogP contribution in [0.2, 0.25) is 0 Å². The van der Waals surface area contributed by atoms with Crippen LogP contribution in [0.15, 0.2) is 0 Å². The summed E-state index contributed by atoms with van der Waals surface area (Å²) in [6, 6.07) is -0.162. The summed E-state index contributed by atoms with van der Waals surface area (Å²) in [6.07, 6.45) is 3.16. The average molecular weight is 289 g/mol. The minimum absolute atomic E-state index is 0.144. The number of hydrogen-bond acceptors (Lipinski definition) is 5. The van der Waals surface area contributed by atoms with Crippen molar-refractivity contribution in [3.63, 3.8) is 0 Å². The molecule has 2 aliphatic rings. The number of carbonyl (C=O) groups excluding carboxylic acids is 1. The molecule has 0 spiro atoms. The number of carbonyl (C=O) groups is 1. The van der Waals surface area contributed by atoms with Crippen LogP contribution in [-0.2, 0) is 4.79 Å². The number of rotatable bonds is 5. The number of hydrogen-bond donors (Lipinski definition) is 2. The molecule has 1 atom stereocenters. The lowest BCUT2D eigenvalue weighted by molar-refractivity contribution is -0.127. The maximum atomic E-state index is 12.1. The van der Waals surface area contributed by atoms with E-state index in [0.29, 0.717) is 5.92 Å². The van der Waals surface area contributed by atoms with Crippen molar-refractivity contribution in [2.45, 2.75) is 45.1 Å². The molecule has 6 nitrogen and oxygen atoms in total. The molecule has 2 N–H and O–H groups in total. The smallest absolute Gasteiger partial charge is 0.244 e.